The summed E-state index contributed by atoms with van der Waals surface area (Å²) in [6.45, 7) is 8.69. The topological polar surface area (TPSA) is 12.4 Å². The first-order valence-electron chi connectivity index (χ1n) is 5.28. The lowest BCUT2D eigenvalue weighted by Gasteiger charge is -2.11. The molecule has 1 aromatic carbocycles. The number of hydrogen-bond donors (Lipinski definition) is 0. The molecule has 0 aliphatic heterocycles. The van der Waals surface area contributed by atoms with E-state index in [0.717, 1.165) is 12.1 Å². The molecule has 1 nitrogen and oxygen atoms in total. The minimum absolute atomic E-state index is 0.576. The highest BCUT2D eigenvalue weighted by molar-refractivity contribution is 5.65. The van der Waals surface area contributed by atoms with Crippen LogP contribution in [0.25, 0.3) is 0 Å². The smallest absolute Gasteiger partial charge is 0.0657 e. The van der Waals surface area contributed by atoms with Crippen LogP contribution in [0.5, 0.6) is 0 Å². The zero-order valence-electron chi connectivity index (χ0n) is 9.54. The molecule has 0 spiro atoms. The first kappa shape index (κ1) is 11.0. The zero-order valence-corrected chi connectivity index (χ0v) is 9.54. The van der Waals surface area contributed by atoms with Crippen molar-refractivity contribution < 1.29 is 0 Å². The van der Waals surface area contributed by atoms with Crippen molar-refractivity contribution in [2.45, 2.75) is 40.0 Å². The fraction of sp³-hybridized carbons (Fsp3) is 0.462. The minimum Gasteiger partial charge on any atom is -0.261 e. The largest absolute Gasteiger partial charge is 0.261 e. The molecule has 0 atom stereocenters. The minimum atomic E-state index is 0.576. The van der Waals surface area contributed by atoms with Crippen LogP contribution in [-0.2, 0) is 0 Å². The molecule has 0 heterocycles. The van der Waals surface area contributed by atoms with Gasteiger partial charge in [-0.1, -0.05) is 32.9 Å². The molecule has 0 amide bonds. The van der Waals surface area contributed by atoms with Crippen molar-refractivity contribution in [1.82, 2.24) is 0 Å². The van der Waals surface area contributed by atoms with Gasteiger partial charge in [0.25, 0.3) is 0 Å². The van der Waals surface area contributed by atoms with E-state index < -0.39 is 0 Å². The van der Waals surface area contributed by atoms with Gasteiger partial charge >= 0.3 is 0 Å². The summed E-state index contributed by atoms with van der Waals surface area (Å²) in [5.41, 5.74) is 3.82. The molecule has 0 N–H and O–H groups in total. The second-order valence-electron chi connectivity index (χ2n) is 3.87. The van der Waals surface area contributed by atoms with Gasteiger partial charge in [-0.05, 0) is 36.5 Å². The van der Waals surface area contributed by atoms with Gasteiger partial charge in [0.1, 0.15) is 0 Å². The summed E-state index contributed by atoms with van der Waals surface area (Å²) in [6.07, 6.45) is 2.96. The Kier molecular flexibility index (Phi) is 3.87. The van der Waals surface area contributed by atoms with Crippen LogP contribution in [0.3, 0.4) is 0 Å². The van der Waals surface area contributed by atoms with Gasteiger partial charge in [-0.15, -0.1) is 0 Å². The molecular formula is C13H19N. The van der Waals surface area contributed by atoms with E-state index in [1.54, 1.807) is 0 Å². The van der Waals surface area contributed by atoms with Gasteiger partial charge in [-0.25, -0.2) is 0 Å². The average Bonchev–Trinajstić information content (AvgIpc) is 2.16. The molecule has 0 bridgehead atoms. The third-order valence-corrected chi connectivity index (χ3v) is 2.38. The molecule has 0 aromatic heterocycles. The predicted octanol–water partition coefficient (Wildman–Crippen LogP) is 4.23. The highest BCUT2D eigenvalue weighted by Crippen LogP contribution is 2.26. The normalized spacial score (nSPS) is 11.5. The van der Waals surface area contributed by atoms with Crippen LogP contribution in [0.2, 0.25) is 0 Å². The van der Waals surface area contributed by atoms with Crippen molar-refractivity contribution in [3.05, 3.63) is 29.3 Å². The molecule has 0 aliphatic carbocycles. The number of benzene rings is 1. The Balaban J connectivity index is 3.07. The molecule has 14 heavy (non-hydrogen) atoms. The molecule has 0 saturated heterocycles. The summed E-state index contributed by atoms with van der Waals surface area (Å²) in [4.78, 5) is 4.44. The summed E-state index contributed by atoms with van der Waals surface area (Å²) in [5.74, 6) is 0.576. The van der Waals surface area contributed by atoms with Gasteiger partial charge in [0.15, 0.2) is 0 Å². The van der Waals surface area contributed by atoms with E-state index in [0.29, 0.717) is 5.92 Å². The van der Waals surface area contributed by atoms with Crippen LogP contribution < -0.4 is 0 Å². The van der Waals surface area contributed by atoms with Crippen molar-refractivity contribution in [2.75, 3.05) is 0 Å². The van der Waals surface area contributed by atoms with E-state index >= 15 is 0 Å². The van der Waals surface area contributed by atoms with Gasteiger partial charge in [-0.2, -0.15) is 0 Å². The Hall–Kier alpha value is -1.11. The maximum absolute atomic E-state index is 4.44. The van der Waals surface area contributed by atoms with E-state index in [4.69, 9.17) is 0 Å². The summed E-state index contributed by atoms with van der Waals surface area (Å²) < 4.78 is 0. The first-order chi connectivity index (χ1) is 6.66. The standard InChI is InChI=1S/C13H19N/c1-5-9-14-13-8-6-7-12(10(2)3)11(13)4/h6-10H,5H2,1-4H3. The summed E-state index contributed by atoms with van der Waals surface area (Å²) in [6, 6.07) is 6.35. The Morgan fingerprint density at radius 2 is 2.07 bits per heavy atom. The van der Waals surface area contributed by atoms with Gasteiger partial charge in [-0.3, -0.25) is 4.99 Å². The van der Waals surface area contributed by atoms with Gasteiger partial charge in [0.05, 0.1) is 5.69 Å². The SMILES string of the molecule is CCC=Nc1cccc(C(C)C)c1C. The summed E-state index contributed by atoms with van der Waals surface area (Å²) >= 11 is 0. The van der Waals surface area contributed by atoms with E-state index in [2.05, 4.69) is 50.9 Å². The van der Waals surface area contributed by atoms with Crippen LogP contribution >= 0.6 is 0 Å². The van der Waals surface area contributed by atoms with Crippen molar-refractivity contribution in [3.8, 4) is 0 Å². The predicted molar refractivity (Wildman–Crippen MR) is 63.7 cm³/mol. The molecule has 0 saturated carbocycles. The van der Waals surface area contributed by atoms with E-state index in [1.165, 1.54) is 11.1 Å². The number of hydrogen-bond acceptors (Lipinski definition) is 1. The fourth-order valence-corrected chi connectivity index (χ4v) is 1.60. The summed E-state index contributed by atoms with van der Waals surface area (Å²) in [5, 5.41) is 0. The highest BCUT2D eigenvalue weighted by atomic mass is 14.7. The molecule has 0 radical (unpaired) electrons. The van der Waals surface area contributed by atoms with Gasteiger partial charge < -0.3 is 0 Å². The molecule has 1 heteroatoms. The Labute approximate surface area is 86.9 Å². The number of rotatable bonds is 3. The van der Waals surface area contributed by atoms with Crippen molar-refractivity contribution in [3.63, 3.8) is 0 Å². The highest BCUT2D eigenvalue weighted by Gasteiger charge is 2.05. The van der Waals surface area contributed by atoms with E-state index in [-0.39, 0.29) is 0 Å². The van der Waals surface area contributed by atoms with E-state index in [9.17, 15) is 0 Å². The summed E-state index contributed by atoms with van der Waals surface area (Å²) in [7, 11) is 0. The van der Waals surface area contributed by atoms with Crippen LogP contribution in [-0.4, -0.2) is 6.21 Å². The second kappa shape index (κ2) is 4.94. The third kappa shape index (κ3) is 2.44. The maximum Gasteiger partial charge on any atom is 0.0657 e. The van der Waals surface area contributed by atoms with E-state index in [1.807, 2.05) is 6.21 Å². The monoisotopic (exact) mass is 189 g/mol. The molecule has 1 aromatic rings. The number of aliphatic imine (C=N–C) groups is 1. The average molecular weight is 189 g/mol. The molecular weight excluding hydrogens is 170 g/mol. The third-order valence-electron chi connectivity index (χ3n) is 2.38. The fourth-order valence-electron chi connectivity index (χ4n) is 1.60. The Morgan fingerprint density at radius 3 is 2.64 bits per heavy atom. The second-order valence-corrected chi connectivity index (χ2v) is 3.87. The van der Waals surface area contributed by atoms with Crippen molar-refractivity contribution in [1.29, 1.82) is 0 Å². The van der Waals surface area contributed by atoms with Crippen LogP contribution in [0.1, 0.15) is 44.2 Å². The van der Waals surface area contributed by atoms with Crippen molar-refractivity contribution in [2.24, 2.45) is 4.99 Å². The number of nitrogens with zero attached hydrogens (tertiary/aromatic N) is 1. The zero-order chi connectivity index (χ0) is 10.6. The lowest BCUT2D eigenvalue weighted by atomic mass is 9.97. The molecule has 0 fully saturated rings. The molecule has 76 valence electrons. The molecule has 1 rings (SSSR count). The van der Waals surface area contributed by atoms with Gasteiger partial charge in [0.2, 0.25) is 0 Å². The van der Waals surface area contributed by atoms with Crippen LogP contribution in [0.15, 0.2) is 23.2 Å². The lowest BCUT2D eigenvalue weighted by Crippen LogP contribution is -1.91. The Bertz CT molecular complexity index is 324. The Morgan fingerprint density at radius 1 is 1.36 bits per heavy atom. The maximum atomic E-state index is 4.44. The lowest BCUT2D eigenvalue weighted by molar-refractivity contribution is 0.856. The first-order valence-corrected chi connectivity index (χ1v) is 5.28. The molecule has 0 aliphatic rings. The van der Waals surface area contributed by atoms with Gasteiger partial charge in [0, 0.05) is 6.21 Å². The van der Waals surface area contributed by atoms with Crippen LogP contribution in [0.4, 0.5) is 5.69 Å². The molecule has 0 unspecified atom stereocenters. The van der Waals surface area contributed by atoms with Crippen molar-refractivity contribution >= 4 is 11.9 Å². The quantitative estimate of drug-likeness (QED) is 0.631. The van der Waals surface area contributed by atoms with Crippen LogP contribution in [0, 0.1) is 6.92 Å².